The molecule has 0 aliphatic rings. The highest BCUT2D eigenvalue weighted by atomic mass is 32.2. The van der Waals surface area contributed by atoms with Crippen LogP contribution < -0.4 is 10.6 Å². The quantitative estimate of drug-likeness (QED) is 0.707. The lowest BCUT2D eigenvalue weighted by molar-refractivity contribution is 1.20. The summed E-state index contributed by atoms with van der Waals surface area (Å²) in [6.45, 7) is 0. The first kappa shape index (κ1) is 13.2. The second-order valence-electron chi connectivity index (χ2n) is 4.14. The molecule has 0 atom stereocenters. The molecule has 0 radical (unpaired) electrons. The van der Waals surface area contributed by atoms with E-state index in [4.69, 9.17) is 0 Å². The van der Waals surface area contributed by atoms with Crippen LogP contribution in [0.1, 0.15) is 0 Å². The molecule has 0 unspecified atom stereocenters. The number of fused-ring (bicyclic) bond motifs is 1. The van der Waals surface area contributed by atoms with Gasteiger partial charge in [-0.05, 0) is 35.9 Å². The van der Waals surface area contributed by atoms with Crippen LogP contribution in [0.15, 0.2) is 40.6 Å². The molecule has 6 heteroatoms. The molecule has 0 fully saturated rings. The summed E-state index contributed by atoms with van der Waals surface area (Å²) in [6, 6.07) is 10.3. The lowest BCUT2D eigenvalue weighted by atomic mass is 10.3. The van der Waals surface area contributed by atoms with E-state index in [2.05, 4.69) is 39.0 Å². The maximum absolute atomic E-state index is 4.51. The minimum absolute atomic E-state index is 0.628. The third kappa shape index (κ3) is 2.57. The molecule has 0 spiro atoms. The summed E-state index contributed by atoms with van der Waals surface area (Å²) >= 11 is 3.34. The number of rotatable bonds is 4. The summed E-state index contributed by atoms with van der Waals surface area (Å²) in [5.41, 5.74) is 1.03. The number of benzene rings is 1. The minimum atomic E-state index is 0.628. The van der Waals surface area contributed by atoms with Gasteiger partial charge in [0.2, 0.25) is 5.95 Å². The van der Waals surface area contributed by atoms with Crippen LogP contribution in [0.5, 0.6) is 0 Å². The lowest BCUT2D eigenvalue weighted by Crippen LogP contribution is -2.00. The van der Waals surface area contributed by atoms with Crippen molar-refractivity contribution < 1.29 is 0 Å². The van der Waals surface area contributed by atoms with Gasteiger partial charge in [-0.15, -0.1) is 23.1 Å². The monoisotopic (exact) mass is 302 g/mol. The van der Waals surface area contributed by atoms with Crippen molar-refractivity contribution in [3.63, 3.8) is 0 Å². The van der Waals surface area contributed by atoms with Crippen molar-refractivity contribution in [1.82, 2.24) is 9.97 Å². The number of aromatic nitrogens is 2. The van der Waals surface area contributed by atoms with Crippen molar-refractivity contribution in [1.29, 1.82) is 0 Å². The Labute approximate surface area is 125 Å². The fraction of sp³-hybridized carbons (Fsp3) is 0.143. The molecule has 2 heterocycles. The second-order valence-corrected chi connectivity index (χ2v) is 5.92. The van der Waals surface area contributed by atoms with Crippen LogP contribution >= 0.6 is 23.1 Å². The molecule has 20 heavy (non-hydrogen) atoms. The van der Waals surface area contributed by atoms with Gasteiger partial charge in [0, 0.05) is 17.6 Å². The number of hydrogen-bond donors (Lipinski definition) is 2. The Morgan fingerprint density at radius 2 is 2.10 bits per heavy atom. The Balaban J connectivity index is 2.02. The Morgan fingerprint density at radius 1 is 1.20 bits per heavy atom. The van der Waals surface area contributed by atoms with E-state index in [9.17, 15) is 0 Å². The number of thioether (sulfide) groups is 1. The summed E-state index contributed by atoms with van der Waals surface area (Å²) < 4.78 is 0. The van der Waals surface area contributed by atoms with Gasteiger partial charge in [0.15, 0.2) is 0 Å². The zero-order valence-electron chi connectivity index (χ0n) is 11.2. The van der Waals surface area contributed by atoms with Crippen LogP contribution in [-0.2, 0) is 0 Å². The van der Waals surface area contributed by atoms with Crippen molar-refractivity contribution >= 4 is 50.8 Å². The van der Waals surface area contributed by atoms with Crippen molar-refractivity contribution in [3.05, 3.63) is 35.7 Å². The summed E-state index contributed by atoms with van der Waals surface area (Å²) in [5.74, 6) is 1.46. The first-order valence-electron chi connectivity index (χ1n) is 6.14. The zero-order chi connectivity index (χ0) is 13.9. The average molecular weight is 302 g/mol. The number of nitrogens with one attached hydrogen (secondary N) is 2. The molecule has 1 aromatic carbocycles. The third-order valence-corrected chi connectivity index (χ3v) is 4.41. The largest absolute Gasteiger partial charge is 0.357 e. The van der Waals surface area contributed by atoms with Crippen LogP contribution in [0.2, 0.25) is 0 Å². The smallest absolute Gasteiger partial charge is 0.225 e. The van der Waals surface area contributed by atoms with Crippen molar-refractivity contribution in [3.8, 4) is 0 Å². The van der Waals surface area contributed by atoms with Gasteiger partial charge in [0.25, 0.3) is 0 Å². The molecule has 0 saturated carbocycles. The van der Waals surface area contributed by atoms with Crippen molar-refractivity contribution in [2.75, 3.05) is 23.9 Å². The summed E-state index contributed by atoms with van der Waals surface area (Å²) in [6.07, 6.45) is 2.07. The highest BCUT2D eigenvalue weighted by Crippen LogP contribution is 2.29. The Hall–Kier alpha value is -1.79. The van der Waals surface area contributed by atoms with E-state index in [1.165, 1.54) is 4.90 Å². The minimum Gasteiger partial charge on any atom is -0.357 e. The Morgan fingerprint density at radius 3 is 2.90 bits per heavy atom. The first-order chi connectivity index (χ1) is 9.80. The highest BCUT2D eigenvalue weighted by Gasteiger charge is 2.08. The molecule has 2 aromatic heterocycles. The summed E-state index contributed by atoms with van der Waals surface area (Å²) in [4.78, 5) is 11.2. The Bertz CT molecular complexity index is 739. The second kappa shape index (κ2) is 5.68. The zero-order valence-corrected chi connectivity index (χ0v) is 12.8. The van der Waals surface area contributed by atoms with Gasteiger partial charge in [0.05, 0.1) is 5.39 Å². The van der Waals surface area contributed by atoms with Crippen molar-refractivity contribution in [2.45, 2.75) is 4.90 Å². The molecule has 3 rings (SSSR count). The molecular formula is C14H14N4S2. The van der Waals surface area contributed by atoms with E-state index in [0.717, 1.165) is 21.7 Å². The van der Waals surface area contributed by atoms with Gasteiger partial charge in [-0.1, -0.05) is 6.07 Å². The van der Waals surface area contributed by atoms with E-state index >= 15 is 0 Å². The van der Waals surface area contributed by atoms with Crippen molar-refractivity contribution in [2.24, 2.45) is 0 Å². The predicted octanol–water partition coefficient (Wildman–Crippen LogP) is 4.20. The fourth-order valence-electron chi connectivity index (χ4n) is 1.90. The van der Waals surface area contributed by atoms with Gasteiger partial charge in [0.1, 0.15) is 10.6 Å². The summed E-state index contributed by atoms with van der Waals surface area (Å²) in [5, 5.41) is 9.46. The average Bonchev–Trinajstić information content (AvgIpc) is 2.96. The number of thiophene rings is 1. The van der Waals surface area contributed by atoms with E-state index in [1.807, 2.05) is 30.6 Å². The summed E-state index contributed by atoms with van der Waals surface area (Å²) in [7, 11) is 1.83. The lowest BCUT2D eigenvalue weighted by Gasteiger charge is -2.09. The number of nitrogens with zero attached hydrogens (tertiary/aromatic N) is 2. The Kier molecular flexibility index (Phi) is 3.75. The maximum atomic E-state index is 4.51. The maximum Gasteiger partial charge on any atom is 0.225 e. The third-order valence-electron chi connectivity index (χ3n) is 2.88. The molecule has 2 N–H and O–H groups in total. The molecule has 3 aromatic rings. The standard InChI is InChI=1S/C14H14N4S2/c1-15-14-17-12(11-6-7-20-13(11)18-14)16-9-4-3-5-10(8-9)19-2/h3-8H,1-2H3,(H2,15,16,17,18). The topological polar surface area (TPSA) is 49.8 Å². The van der Waals surface area contributed by atoms with Crippen LogP contribution in [0, 0.1) is 0 Å². The van der Waals surface area contributed by atoms with Gasteiger partial charge < -0.3 is 10.6 Å². The molecule has 0 aliphatic heterocycles. The highest BCUT2D eigenvalue weighted by molar-refractivity contribution is 7.98. The van der Waals surface area contributed by atoms with Crippen LogP contribution in [0.25, 0.3) is 10.2 Å². The molecule has 0 saturated heterocycles. The fourth-order valence-corrected chi connectivity index (χ4v) is 3.12. The number of hydrogen-bond acceptors (Lipinski definition) is 6. The van der Waals surface area contributed by atoms with E-state index in [0.29, 0.717) is 5.95 Å². The molecule has 0 amide bonds. The SMILES string of the molecule is CNc1nc(Nc2cccc(SC)c2)c2ccsc2n1. The van der Waals surface area contributed by atoms with E-state index in [1.54, 1.807) is 23.1 Å². The normalized spacial score (nSPS) is 10.7. The first-order valence-corrected chi connectivity index (χ1v) is 8.24. The molecule has 4 nitrogen and oxygen atoms in total. The van der Waals surface area contributed by atoms with Crippen LogP contribution in [0.3, 0.4) is 0 Å². The van der Waals surface area contributed by atoms with E-state index < -0.39 is 0 Å². The van der Waals surface area contributed by atoms with Gasteiger partial charge in [-0.25, -0.2) is 4.98 Å². The molecular weight excluding hydrogens is 288 g/mol. The van der Waals surface area contributed by atoms with E-state index in [-0.39, 0.29) is 0 Å². The van der Waals surface area contributed by atoms with Crippen LogP contribution in [-0.4, -0.2) is 23.3 Å². The van der Waals surface area contributed by atoms with Gasteiger partial charge in [-0.3, -0.25) is 0 Å². The van der Waals surface area contributed by atoms with Crippen LogP contribution in [0.4, 0.5) is 17.5 Å². The van der Waals surface area contributed by atoms with Gasteiger partial charge in [-0.2, -0.15) is 4.98 Å². The number of anilines is 3. The molecule has 102 valence electrons. The molecule has 0 aliphatic carbocycles. The van der Waals surface area contributed by atoms with Gasteiger partial charge >= 0.3 is 0 Å². The predicted molar refractivity (Wildman–Crippen MR) is 88.5 cm³/mol. The molecule has 0 bridgehead atoms.